The molecule has 0 bridgehead atoms. The SMILES string of the molecule is CC(C)(C)C(=O)NC1CCN(C(=O)CCCN2C(=O)c3ccccc3C2=O)CC1. The van der Waals surface area contributed by atoms with Crippen molar-refractivity contribution in [2.24, 2.45) is 5.41 Å². The lowest BCUT2D eigenvalue weighted by Gasteiger charge is -2.34. The van der Waals surface area contributed by atoms with Crippen molar-refractivity contribution in [3.05, 3.63) is 35.4 Å². The fourth-order valence-corrected chi connectivity index (χ4v) is 3.66. The van der Waals surface area contributed by atoms with Crippen LogP contribution in [-0.2, 0) is 9.59 Å². The number of rotatable bonds is 5. The zero-order valence-corrected chi connectivity index (χ0v) is 17.4. The summed E-state index contributed by atoms with van der Waals surface area (Å²) in [5, 5.41) is 3.06. The average Bonchev–Trinajstić information content (AvgIpc) is 2.93. The van der Waals surface area contributed by atoms with Crippen LogP contribution in [-0.4, -0.2) is 59.1 Å². The molecule has 29 heavy (non-hydrogen) atoms. The summed E-state index contributed by atoms with van der Waals surface area (Å²) in [5.74, 6) is -0.507. The van der Waals surface area contributed by atoms with Crippen LogP contribution < -0.4 is 5.32 Å². The molecule has 2 aliphatic heterocycles. The fraction of sp³-hybridized carbons (Fsp3) is 0.545. The molecule has 1 N–H and O–H groups in total. The standard InChI is InChI=1S/C22H29N3O4/c1-22(2,3)21(29)23-15-10-13-24(14-11-15)18(26)9-6-12-25-19(27)16-7-4-5-8-17(16)20(25)28/h4-5,7-8,15H,6,9-14H2,1-3H3,(H,23,29). The number of amides is 4. The van der Waals surface area contributed by atoms with E-state index >= 15 is 0 Å². The van der Waals surface area contributed by atoms with Gasteiger partial charge in [-0.1, -0.05) is 32.9 Å². The van der Waals surface area contributed by atoms with Gasteiger partial charge in [-0.25, -0.2) is 0 Å². The highest BCUT2D eigenvalue weighted by molar-refractivity contribution is 6.21. The summed E-state index contributed by atoms with van der Waals surface area (Å²) in [6.45, 7) is 7.12. The van der Waals surface area contributed by atoms with Crippen molar-refractivity contribution in [2.75, 3.05) is 19.6 Å². The molecule has 3 rings (SSSR count). The summed E-state index contributed by atoms with van der Waals surface area (Å²) in [5.41, 5.74) is 0.447. The van der Waals surface area contributed by atoms with Gasteiger partial charge in [0.2, 0.25) is 11.8 Å². The quantitative estimate of drug-likeness (QED) is 0.769. The maximum Gasteiger partial charge on any atom is 0.261 e. The summed E-state index contributed by atoms with van der Waals surface area (Å²) in [4.78, 5) is 52.3. The Kier molecular flexibility index (Phi) is 6.05. The highest BCUT2D eigenvalue weighted by Gasteiger charge is 2.35. The summed E-state index contributed by atoms with van der Waals surface area (Å²) >= 11 is 0. The molecule has 4 amide bonds. The molecule has 2 heterocycles. The van der Waals surface area contributed by atoms with E-state index in [9.17, 15) is 19.2 Å². The van der Waals surface area contributed by atoms with E-state index in [0.717, 1.165) is 12.8 Å². The molecule has 0 saturated carbocycles. The van der Waals surface area contributed by atoms with Crippen LogP contribution >= 0.6 is 0 Å². The second-order valence-corrected chi connectivity index (χ2v) is 8.79. The Morgan fingerprint density at radius 1 is 1.03 bits per heavy atom. The van der Waals surface area contributed by atoms with Crippen LogP contribution in [0.25, 0.3) is 0 Å². The zero-order chi connectivity index (χ0) is 21.2. The summed E-state index contributed by atoms with van der Waals surface area (Å²) in [6, 6.07) is 6.89. The highest BCUT2D eigenvalue weighted by Crippen LogP contribution is 2.23. The molecule has 1 aromatic rings. The molecule has 0 atom stereocenters. The van der Waals surface area contributed by atoms with Crippen LogP contribution in [0.1, 0.15) is 67.2 Å². The fourth-order valence-electron chi connectivity index (χ4n) is 3.66. The highest BCUT2D eigenvalue weighted by atomic mass is 16.2. The predicted octanol–water partition coefficient (Wildman–Crippen LogP) is 2.22. The van der Waals surface area contributed by atoms with Crippen molar-refractivity contribution >= 4 is 23.6 Å². The number of hydrogen-bond acceptors (Lipinski definition) is 4. The molecular weight excluding hydrogens is 370 g/mol. The van der Waals surface area contributed by atoms with E-state index in [1.807, 2.05) is 25.7 Å². The minimum atomic E-state index is -0.420. The lowest BCUT2D eigenvalue weighted by Crippen LogP contribution is -2.49. The maximum atomic E-state index is 12.5. The number of imide groups is 1. The van der Waals surface area contributed by atoms with Crippen molar-refractivity contribution in [2.45, 2.75) is 52.5 Å². The number of benzene rings is 1. The smallest absolute Gasteiger partial charge is 0.261 e. The van der Waals surface area contributed by atoms with E-state index in [2.05, 4.69) is 5.32 Å². The van der Waals surface area contributed by atoms with Gasteiger partial charge in [0.25, 0.3) is 11.8 Å². The number of hydrogen-bond donors (Lipinski definition) is 1. The van der Waals surface area contributed by atoms with E-state index < -0.39 is 5.41 Å². The minimum Gasteiger partial charge on any atom is -0.353 e. The van der Waals surface area contributed by atoms with Gasteiger partial charge < -0.3 is 10.2 Å². The second-order valence-electron chi connectivity index (χ2n) is 8.79. The monoisotopic (exact) mass is 399 g/mol. The first-order chi connectivity index (χ1) is 13.7. The predicted molar refractivity (Wildman–Crippen MR) is 108 cm³/mol. The Hall–Kier alpha value is -2.70. The number of carbonyl (C=O) groups is 4. The van der Waals surface area contributed by atoms with Gasteiger partial charge in [0.15, 0.2) is 0 Å². The van der Waals surface area contributed by atoms with Gasteiger partial charge >= 0.3 is 0 Å². The third kappa shape index (κ3) is 4.66. The molecule has 7 nitrogen and oxygen atoms in total. The molecule has 0 radical (unpaired) electrons. The Balaban J connectivity index is 1.42. The van der Waals surface area contributed by atoms with Crippen LogP contribution in [0, 0.1) is 5.41 Å². The van der Waals surface area contributed by atoms with Gasteiger partial charge in [-0.3, -0.25) is 24.1 Å². The lowest BCUT2D eigenvalue weighted by atomic mass is 9.94. The Bertz CT molecular complexity index is 785. The van der Waals surface area contributed by atoms with E-state index in [4.69, 9.17) is 0 Å². The summed E-state index contributed by atoms with van der Waals surface area (Å²) < 4.78 is 0. The van der Waals surface area contributed by atoms with Crippen molar-refractivity contribution in [3.8, 4) is 0 Å². The van der Waals surface area contributed by atoms with Crippen molar-refractivity contribution in [1.82, 2.24) is 15.1 Å². The molecule has 0 aliphatic carbocycles. The molecule has 7 heteroatoms. The van der Waals surface area contributed by atoms with E-state index in [1.165, 1.54) is 4.90 Å². The zero-order valence-electron chi connectivity index (χ0n) is 17.4. The number of piperidine rings is 1. The third-order valence-corrected chi connectivity index (χ3v) is 5.51. The van der Waals surface area contributed by atoms with Gasteiger partial charge in [-0.15, -0.1) is 0 Å². The average molecular weight is 399 g/mol. The van der Waals surface area contributed by atoms with E-state index in [0.29, 0.717) is 37.1 Å². The topological polar surface area (TPSA) is 86.8 Å². The Labute approximate surface area is 171 Å². The number of nitrogens with one attached hydrogen (secondary N) is 1. The Morgan fingerprint density at radius 3 is 2.10 bits per heavy atom. The lowest BCUT2D eigenvalue weighted by molar-refractivity contribution is -0.133. The summed E-state index contributed by atoms with van der Waals surface area (Å²) in [7, 11) is 0. The van der Waals surface area contributed by atoms with Crippen LogP contribution in [0.2, 0.25) is 0 Å². The van der Waals surface area contributed by atoms with Crippen molar-refractivity contribution in [3.63, 3.8) is 0 Å². The first-order valence-electron chi connectivity index (χ1n) is 10.2. The van der Waals surface area contributed by atoms with Crippen LogP contribution in [0.5, 0.6) is 0 Å². The van der Waals surface area contributed by atoms with E-state index in [1.54, 1.807) is 24.3 Å². The molecule has 1 fully saturated rings. The number of nitrogens with zero attached hydrogens (tertiary/aromatic N) is 2. The van der Waals surface area contributed by atoms with E-state index in [-0.39, 0.29) is 36.2 Å². The molecule has 0 aromatic heterocycles. The van der Waals surface area contributed by atoms with Gasteiger partial charge in [0.1, 0.15) is 0 Å². The largest absolute Gasteiger partial charge is 0.353 e. The van der Waals surface area contributed by atoms with Crippen LogP contribution in [0.3, 0.4) is 0 Å². The van der Waals surface area contributed by atoms with Crippen LogP contribution in [0.15, 0.2) is 24.3 Å². The number of carbonyl (C=O) groups excluding carboxylic acids is 4. The molecule has 156 valence electrons. The Morgan fingerprint density at radius 2 is 1.59 bits per heavy atom. The number of fused-ring (bicyclic) bond motifs is 1. The first kappa shape index (κ1) is 21.0. The second kappa shape index (κ2) is 8.35. The normalized spacial score (nSPS) is 17.5. The number of likely N-dealkylation sites (tertiary alicyclic amines) is 1. The van der Waals surface area contributed by atoms with Gasteiger partial charge in [-0.2, -0.15) is 0 Å². The van der Waals surface area contributed by atoms with Crippen molar-refractivity contribution in [1.29, 1.82) is 0 Å². The van der Waals surface area contributed by atoms with Crippen LogP contribution in [0.4, 0.5) is 0 Å². The van der Waals surface area contributed by atoms with Gasteiger partial charge in [0, 0.05) is 37.5 Å². The molecule has 2 aliphatic rings. The van der Waals surface area contributed by atoms with Gasteiger partial charge in [0.05, 0.1) is 11.1 Å². The maximum absolute atomic E-state index is 12.5. The third-order valence-electron chi connectivity index (χ3n) is 5.51. The molecule has 0 spiro atoms. The molecule has 1 aromatic carbocycles. The minimum absolute atomic E-state index is 0.0298. The van der Waals surface area contributed by atoms with Gasteiger partial charge in [-0.05, 0) is 31.4 Å². The molecular formula is C22H29N3O4. The molecule has 1 saturated heterocycles. The molecule has 0 unspecified atom stereocenters. The van der Waals surface area contributed by atoms with Crippen molar-refractivity contribution < 1.29 is 19.2 Å². The summed E-state index contributed by atoms with van der Waals surface area (Å²) in [6.07, 6.45) is 2.23. The first-order valence-corrected chi connectivity index (χ1v) is 10.2.